The zero-order valence-corrected chi connectivity index (χ0v) is 14.9. The number of carbonyl (C=O) groups excluding carboxylic acids is 1. The summed E-state index contributed by atoms with van der Waals surface area (Å²) in [6, 6.07) is 17.4. The lowest BCUT2D eigenvalue weighted by molar-refractivity contribution is 0.206. The molecule has 0 bridgehead atoms. The zero-order valence-electron chi connectivity index (χ0n) is 14.9. The van der Waals surface area contributed by atoms with Crippen LogP contribution in [0.1, 0.15) is 11.1 Å². The van der Waals surface area contributed by atoms with Crippen LogP contribution >= 0.6 is 0 Å². The number of benzene rings is 2. The monoisotopic (exact) mass is 350 g/mol. The Morgan fingerprint density at radius 1 is 1.15 bits per heavy atom. The van der Waals surface area contributed by atoms with E-state index >= 15 is 0 Å². The van der Waals surface area contributed by atoms with Crippen LogP contribution in [0, 0.1) is 0 Å². The topological polar surface area (TPSA) is 59.4 Å². The molecule has 0 fully saturated rings. The van der Waals surface area contributed by atoms with E-state index in [4.69, 9.17) is 4.74 Å². The van der Waals surface area contributed by atoms with Gasteiger partial charge in [0.15, 0.2) is 0 Å². The van der Waals surface area contributed by atoms with E-state index in [1.54, 1.807) is 29.9 Å². The molecular weight excluding hydrogens is 328 g/mol. The Balaban J connectivity index is 1.54. The zero-order chi connectivity index (χ0) is 18.4. The average molecular weight is 350 g/mol. The number of carbonyl (C=O) groups is 1. The van der Waals surface area contributed by atoms with Crippen molar-refractivity contribution >= 4 is 6.03 Å². The fraction of sp³-hybridized carbons (Fsp3) is 0.200. The van der Waals surface area contributed by atoms with Crippen molar-refractivity contribution < 1.29 is 9.53 Å². The van der Waals surface area contributed by atoms with E-state index < -0.39 is 0 Å². The number of amides is 2. The van der Waals surface area contributed by atoms with Gasteiger partial charge in [0.2, 0.25) is 0 Å². The van der Waals surface area contributed by atoms with Crippen molar-refractivity contribution in [1.29, 1.82) is 0 Å². The van der Waals surface area contributed by atoms with Gasteiger partial charge in [0, 0.05) is 31.9 Å². The second kappa shape index (κ2) is 8.20. The van der Waals surface area contributed by atoms with Crippen LogP contribution in [0.25, 0.3) is 5.69 Å². The Morgan fingerprint density at radius 3 is 2.73 bits per heavy atom. The van der Waals surface area contributed by atoms with Gasteiger partial charge in [0.1, 0.15) is 5.75 Å². The average Bonchev–Trinajstić information content (AvgIpc) is 3.16. The van der Waals surface area contributed by atoms with Crippen molar-refractivity contribution in [2.75, 3.05) is 14.2 Å². The van der Waals surface area contributed by atoms with E-state index in [1.165, 1.54) is 0 Å². The summed E-state index contributed by atoms with van der Waals surface area (Å²) in [7, 11) is 3.40. The molecule has 1 N–H and O–H groups in total. The maximum atomic E-state index is 12.3. The molecule has 0 radical (unpaired) electrons. The summed E-state index contributed by atoms with van der Waals surface area (Å²) < 4.78 is 7.01. The van der Waals surface area contributed by atoms with Gasteiger partial charge < -0.3 is 15.0 Å². The molecule has 3 aromatic rings. The fourth-order valence-electron chi connectivity index (χ4n) is 2.60. The van der Waals surface area contributed by atoms with Crippen LogP contribution in [0.3, 0.4) is 0 Å². The van der Waals surface area contributed by atoms with Crippen LogP contribution in [0.5, 0.6) is 5.75 Å². The van der Waals surface area contributed by atoms with E-state index in [2.05, 4.69) is 10.4 Å². The number of nitrogens with zero attached hydrogens (tertiary/aromatic N) is 3. The Morgan fingerprint density at radius 2 is 1.96 bits per heavy atom. The number of aromatic nitrogens is 2. The second-order valence-electron chi connectivity index (χ2n) is 5.99. The summed E-state index contributed by atoms with van der Waals surface area (Å²) in [5, 5.41) is 7.25. The number of para-hydroxylation sites is 1. The van der Waals surface area contributed by atoms with Gasteiger partial charge in [0.05, 0.1) is 19.0 Å². The van der Waals surface area contributed by atoms with Crippen molar-refractivity contribution in [3.05, 3.63) is 78.1 Å². The molecule has 3 rings (SSSR count). The number of nitrogens with one attached hydrogen (secondary N) is 1. The van der Waals surface area contributed by atoms with Crippen LogP contribution in [0.2, 0.25) is 0 Å². The lowest BCUT2D eigenvalue weighted by Crippen LogP contribution is -2.36. The van der Waals surface area contributed by atoms with E-state index in [1.807, 2.05) is 60.8 Å². The molecule has 0 saturated heterocycles. The van der Waals surface area contributed by atoms with Crippen LogP contribution < -0.4 is 10.1 Å². The van der Waals surface area contributed by atoms with Crippen molar-refractivity contribution in [1.82, 2.24) is 20.0 Å². The Bertz CT molecular complexity index is 861. The number of hydrogen-bond donors (Lipinski definition) is 1. The lowest BCUT2D eigenvalue weighted by atomic mass is 10.2. The summed E-state index contributed by atoms with van der Waals surface area (Å²) in [6.07, 6.45) is 3.67. The fourth-order valence-corrected chi connectivity index (χ4v) is 2.60. The molecule has 0 atom stereocenters. The summed E-state index contributed by atoms with van der Waals surface area (Å²) in [4.78, 5) is 13.9. The third-order valence-corrected chi connectivity index (χ3v) is 4.00. The minimum Gasteiger partial charge on any atom is -0.497 e. The molecule has 6 heteroatoms. The van der Waals surface area contributed by atoms with Gasteiger partial charge in [-0.3, -0.25) is 0 Å². The van der Waals surface area contributed by atoms with Crippen LogP contribution in [-0.4, -0.2) is 34.9 Å². The Hall–Kier alpha value is -3.28. The van der Waals surface area contributed by atoms with Gasteiger partial charge in [-0.05, 0) is 29.8 Å². The predicted molar refractivity (Wildman–Crippen MR) is 100 cm³/mol. The molecule has 1 heterocycles. The van der Waals surface area contributed by atoms with Gasteiger partial charge >= 0.3 is 6.03 Å². The third kappa shape index (κ3) is 4.42. The molecule has 134 valence electrons. The second-order valence-corrected chi connectivity index (χ2v) is 5.99. The molecule has 0 aliphatic carbocycles. The first-order valence-corrected chi connectivity index (χ1v) is 8.36. The SMILES string of the molecule is COc1cccc(CN(C)C(=O)NCc2cnn(-c3ccccc3)c2)c1. The highest BCUT2D eigenvalue weighted by atomic mass is 16.5. The van der Waals surface area contributed by atoms with Crippen LogP contribution in [0.4, 0.5) is 4.79 Å². The minimum absolute atomic E-state index is 0.139. The smallest absolute Gasteiger partial charge is 0.317 e. The van der Waals surface area contributed by atoms with Crippen LogP contribution in [-0.2, 0) is 13.1 Å². The number of hydrogen-bond acceptors (Lipinski definition) is 3. The van der Waals surface area contributed by atoms with Gasteiger partial charge in [-0.1, -0.05) is 30.3 Å². The molecule has 0 saturated carbocycles. The Labute approximate surface area is 153 Å². The summed E-state index contributed by atoms with van der Waals surface area (Å²) in [5.41, 5.74) is 2.94. The molecule has 26 heavy (non-hydrogen) atoms. The molecule has 0 unspecified atom stereocenters. The highest BCUT2D eigenvalue weighted by Gasteiger charge is 2.10. The molecule has 0 spiro atoms. The van der Waals surface area contributed by atoms with Gasteiger partial charge in [-0.25, -0.2) is 9.48 Å². The largest absolute Gasteiger partial charge is 0.497 e. The summed E-state index contributed by atoms with van der Waals surface area (Å²) in [6.45, 7) is 0.931. The van der Waals surface area contributed by atoms with Crippen molar-refractivity contribution in [2.24, 2.45) is 0 Å². The highest BCUT2D eigenvalue weighted by Crippen LogP contribution is 2.14. The normalized spacial score (nSPS) is 10.4. The Kier molecular flexibility index (Phi) is 5.53. The number of urea groups is 1. The lowest BCUT2D eigenvalue weighted by Gasteiger charge is -2.18. The maximum absolute atomic E-state index is 12.3. The van der Waals surface area contributed by atoms with Crippen molar-refractivity contribution in [2.45, 2.75) is 13.1 Å². The van der Waals surface area contributed by atoms with Crippen molar-refractivity contribution in [3.63, 3.8) is 0 Å². The molecular formula is C20H22N4O2. The predicted octanol–water partition coefficient (Wildman–Crippen LogP) is 3.22. The van der Waals surface area contributed by atoms with Crippen molar-refractivity contribution in [3.8, 4) is 11.4 Å². The first kappa shape index (κ1) is 17.5. The first-order chi connectivity index (χ1) is 12.7. The standard InChI is InChI=1S/C20H22N4O2/c1-23(14-16-7-6-10-19(11-16)26-2)20(25)21-12-17-13-22-24(15-17)18-8-4-3-5-9-18/h3-11,13,15H,12,14H2,1-2H3,(H,21,25). The molecule has 0 aliphatic heterocycles. The highest BCUT2D eigenvalue weighted by molar-refractivity contribution is 5.73. The third-order valence-electron chi connectivity index (χ3n) is 4.00. The summed E-state index contributed by atoms with van der Waals surface area (Å²) in [5.74, 6) is 0.782. The molecule has 0 aliphatic rings. The van der Waals surface area contributed by atoms with Gasteiger partial charge in [-0.2, -0.15) is 5.10 Å². The number of ether oxygens (including phenoxy) is 1. The van der Waals surface area contributed by atoms with Crippen LogP contribution in [0.15, 0.2) is 67.0 Å². The molecule has 6 nitrogen and oxygen atoms in total. The summed E-state index contributed by atoms with van der Waals surface area (Å²) >= 11 is 0. The number of rotatable bonds is 6. The quantitative estimate of drug-likeness (QED) is 0.742. The van der Waals surface area contributed by atoms with Gasteiger partial charge in [-0.15, -0.1) is 0 Å². The molecule has 2 amide bonds. The number of methoxy groups -OCH3 is 1. The molecule has 2 aromatic carbocycles. The van der Waals surface area contributed by atoms with Gasteiger partial charge in [0.25, 0.3) is 0 Å². The van der Waals surface area contributed by atoms with E-state index in [0.717, 1.165) is 22.6 Å². The van der Waals surface area contributed by atoms with E-state index in [9.17, 15) is 4.79 Å². The first-order valence-electron chi connectivity index (χ1n) is 8.36. The van der Waals surface area contributed by atoms with E-state index in [-0.39, 0.29) is 6.03 Å². The minimum atomic E-state index is -0.139. The maximum Gasteiger partial charge on any atom is 0.317 e. The van der Waals surface area contributed by atoms with E-state index in [0.29, 0.717) is 13.1 Å². The molecule has 1 aromatic heterocycles.